The molecule has 0 aromatic heterocycles. The van der Waals surface area contributed by atoms with Crippen molar-refractivity contribution in [3.05, 3.63) is 56.9 Å². The zero-order valence-corrected chi connectivity index (χ0v) is 17.8. The molecule has 1 aliphatic heterocycles. The Kier molecular flexibility index (Phi) is 6.41. The van der Waals surface area contributed by atoms with Crippen LogP contribution in [0.15, 0.2) is 30.3 Å². The van der Waals surface area contributed by atoms with Crippen molar-refractivity contribution in [3.8, 4) is 0 Å². The molecule has 0 atom stereocenters. The van der Waals surface area contributed by atoms with Gasteiger partial charge in [0.05, 0.1) is 36.6 Å². The molecule has 0 aliphatic carbocycles. The summed E-state index contributed by atoms with van der Waals surface area (Å²) in [4.78, 5) is 24.9. The van der Waals surface area contributed by atoms with E-state index in [9.17, 15) is 22.8 Å². The fourth-order valence-electron chi connectivity index (χ4n) is 3.09. The van der Waals surface area contributed by atoms with Gasteiger partial charge in [-0.2, -0.15) is 0 Å². The van der Waals surface area contributed by atoms with Gasteiger partial charge in [-0.05, 0) is 52.9 Å². The van der Waals surface area contributed by atoms with Crippen LogP contribution in [0.5, 0.6) is 0 Å². The lowest BCUT2D eigenvalue weighted by Gasteiger charge is -2.48. The maximum atomic E-state index is 14.5. The Morgan fingerprint density at radius 2 is 1.90 bits per heavy atom. The quantitative estimate of drug-likeness (QED) is 0.493. The molecule has 3 rings (SSSR count). The van der Waals surface area contributed by atoms with E-state index < -0.39 is 40.7 Å². The third-order valence-electron chi connectivity index (χ3n) is 4.76. The number of methoxy groups -OCH3 is 1. The van der Waals surface area contributed by atoms with E-state index in [-0.39, 0.29) is 30.9 Å². The van der Waals surface area contributed by atoms with Crippen LogP contribution in [0, 0.1) is 21.0 Å². The number of nitrogens with one attached hydrogen (secondary N) is 2. The number of hydrogen-bond donors (Lipinski definition) is 3. The SMILES string of the molecule is COC1(CNC(=O)O)CN(C(=O)c2ccc(F)c(F)c2Nc2ccc(I)cc2F)C1. The summed E-state index contributed by atoms with van der Waals surface area (Å²) in [5.74, 6) is -3.83. The fourth-order valence-corrected chi connectivity index (χ4v) is 3.54. The van der Waals surface area contributed by atoms with Crippen molar-refractivity contribution in [1.29, 1.82) is 0 Å². The highest BCUT2D eigenvalue weighted by molar-refractivity contribution is 14.1. The van der Waals surface area contributed by atoms with Gasteiger partial charge in [-0.3, -0.25) is 4.79 Å². The number of amides is 2. The number of carbonyl (C=O) groups is 2. The van der Waals surface area contributed by atoms with Crippen molar-refractivity contribution in [3.63, 3.8) is 0 Å². The predicted molar refractivity (Wildman–Crippen MR) is 110 cm³/mol. The molecule has 0 unspecified atom stereocenters. The predicted octanol–water partition coefficient (Wildman–Crippen LogP) is 3.56. The van der Waals surface area contributed by atoms with E-state index in [1.165, 1.54) is 24.1 Å². The Balaban J connectivity index is 1.85. The van der Waals surface area contributed by atoms with Gasteiger partial charge in [-0.15, -0.1) is 0 Å². The molecule has 3 N–H and O–H groups in total. The molecule has 0 saturated carbocycles. The molecule has 1 fully saturated rings. The van der Waals surface area contributed by atoms with Crippen LogP contribution in [0.4, 0.5) is 29.3 Å². The second-order valence-electron chi connectivity index (χ2n) is 6.74. The maximum Gasteiger partial charge on any atom is 0.404 e. The van der Waals surface area contributed by atoms with Gasteiger partial charge in [-0.1, -0.05) is 0 Å². The minimum atomic E-state index is -1.31. The van der Waals surface area contributed by atoms with Crippen LogP contribution in [-0.2, 0) is 4.74 Å². The lowest BCUT2D eigenvalue weighted by Crippen LogP contribution is -2.68. The molecular weight excluding hydrogens is 518 g/mol. The molecule has 11 heteroatoms. The van der Waals surface area contributed by atoms with Gasteiger partial charge in [0.25, 0.3) is 5.91 Å². The second kappa shape index (κ2) is 8.68. The van der Waals surface area contributed by atoms with Crippen LogP contribution >= 0.6 is 22.6 Å². The first-order chi connectivity index (χ1) is 14.2. The Hall–Kier alpha value is -2.54. The van der Waals surface area contributed by atoms with Crippen LogP contribution in [0.1, 0.15) is 10.4 Å². The van der Waals surface area contributed by atoms with Crippen molar-refractivity contribution in [2.75, 3.05) is 32.1 Å². The number of nitrogens with zero attached hydrogens (tertiary/aromatic N) is 1. The van der Waals surface area contributed by atoms with E-state index >= 15 is 0 Å². The number of rotatable bonds is 6. The third-order valence-corrected chi connectivity index (χ3v) is 5.43. The number of benzene rings is 2. The van der Waals surface area contributed by atoms with Crippen molar-refractivity contribution in [1.82, 2.24) is 10.2 Å². The highest BCUT2D eigenvalue weighted by Crippen LogP contribution is 2.32. The molecule has 30 heavy (non-hydrogen) atoms. The van der Waals surface area contributed by atoms with Crippen molar-refractivity contribution in [2.24, 2.45) is 0 Å². The standard InChI is InChI=1S/C19H17F3IN3O4/c1-30-19(7-24-18(28)29)8-26(9-19)17(27)11-3-4-12(20)15(22)16(11)25-14-5-2-10(23)6-13(14)21/h2-6,24-25H,7-9H2,1H3,(H,28,29). The maximum absolute atomic E-state index is 14.5. The van der Waals surface area contributed by atoms with E-state index in [1.807, 2.05) is 22.6 Å². The summed E-state index contributed by atoms with van der Waals surface area (Å²) < 4.78 is 48.4. The van der Waals surface area contributed by atoms with Crippen LogP contribution in [0.25, 0.3) is 0 Å². The first-order valence-electron chi connectivity index (χ1n) is 8.67. The monoisotopic (exact) mass is 535 g/mol. The van der Waals surface area contributed by atoms with Gasteiger partial charge in [0.1, 0.15) is 11.4 Å². The van der Waals surface area contributed by atoms with Gasteiger partial charge in [0, 0.05) is 10.7 Å². The summed E-state index contributed by atoms with van der Waals surface area (Å²) in [6.45, 7) is 0.0389. The summed E-state index contributed by atoms with van der Waals surface area (Å²) in [5, 5.41) is 13.4. The van der Waals surface area contributed by atoms with Crippen LogP contribution in [0.2, 0.25) is 0 Å². The average molecular weight is 535 g/mol. The Labute approximate surface area is 183 Å². The van der Waals surface area contributed by atoms with Crippen LogP contribution < -0.4 is 10.6 Å². The molecule has 160 valence electrons. The van der Waals surface area contributed by atoms with Gasteiger partial charge in [0.15, 0.2) is 11.6 Å². The first-order valence-corrected chi connectivity index (χ1v) is 9.75. The summed E-state index contributed by atoms with van der Waals surface area (Å²) in [5.41, 5.74) is -1.71. The zero-order valence-electron chi connectivity index (χ0n) is 15.6. The largest absolute Gasteiger partial charge is 0.465 e. The molecular formula is C19H17F3IN3O4. The Bertz CT molecular complexity index is 999. The summed E-state index contributed by atoms with van der Waals surface area (Å²) in [6, 6.07) is 6.05. The summed E-state index contributed by atoms with van der Waals surface area (Å²) >= 11 is 1.90. The number of anilines is 2. The van der Waals surface area contributed by atoms with Crippen molar-refractivity contribution in [2.45, 2.75) is 5.60 Å². The molecule has 2 aromatic carbocycles. The van der Waals surface area contributed by atoms with E-state index in [1.54, 1.807) is 6.07 Å². The van der Waals surface area contributed by atoms with E-state index in [0.717, 1.165) is 12.1 Å². The topological polar surface area (TPSA) is 90.9 Å². The number of likely N-dealkylation sites (tertiary alicyclic amines) is 1. The van der Waals surface area contributed by atoms with Gasteiger partial charge in [0.2, 0.25) is 0 Å². The van der Waals surface area contributed by atoms with E-state index in [2.05, 4.69) is 10.6 Å². The highest BCUT2D eigenvalue weighted by Gasteiger charge is 2.46. The number of halogens is 4. The molecule has 0 bridgehead atoms. The van der Waals surface area contributed by atoms with Crippen LogP contribution in [-0.4, -0.2) is 54.4 Å². The van der Waals surface area contributed by atoms with E-state index in [0.29, 0.717) is 3.57 Å². The highest BCUT2D eigenvalue weighted by atomic mass is 127. The molecule has 0 radical (unpaired) electrons. The molecule has 7 nitrogen and oxygen atoms in total. The van der Waals surface area contributed by atoms with Gasteiger partial charge >= 0.3 is 6.09 Å². The Morgan fingerprint density at radius 3 is 2.50 bits per heavy atom. The van der Waals surface area contributed by atoms with Crippen molar-refractivity contribution < 1.29 is 32.6 Å². The van der Waals surface area contributed by atoms with Gasteiger partial charge < -0.3 is 25.4 Å². The molecule has 2 aromatic rings. The van der Waals surface area contributed by atoms with Crippen molar-refractivity contribution >= 4 is 46.0 Å². The molecule has 2 amide bonds. The first kappa shape index (κ1) is 22.2. The van der Waals surface area contributed by atoms with Gasteiger partial charge in [-0.25, -0.2) is 18.0 Å². The number of carbonyl (C=O) groups excluding carboxylic acids is 1. The minimum absolute atomic E-state index is 0.0406. The number of carboxylic acid groups (broad SMARTS) is 1. The molecule has 1 saturated heterocycles. The number of ether oxygens (including phenoxy) is 1. The number of hydrogen-bond acceptors (Lipinski definition) is 4. The lowest BCUT2D eigenvalue weighted by atomic mass is 9.92. The fraction of sp³-hybridized carbons (Fsp3) is 0.263. The average Bonchev–Trinajstić information content (AvgIpc) is 2.66. The molecule has 1 heterocycles. The zero-order chi connectivity index (χ0) is 22.1. The normalized spacial score (nSPS) is 14.8. The van der Waals surface area contributed by atoms with E-state index in [4.69, 9.17) is 9.84 Å². The van der Waals surface area contributed by atoms with Crippen LogP contribution in [0.3, 0.4) is 0 Å². The molecule has 1 aliphatic rings. The lowest BCUT2D eigenvalue weighted by molar-refractivity contribution is -0.104. The Morgan fingerprint density at radius 1 is 1.20 bits per heavy atom. The minimum Gasteiger partial charge on any atom is -0.465 e. The summed E-state index contributed by atoms with van der Waals surface area (Å²) in [6.07, 6.45) is -1.23. The second-order valence-corrected chi connectivity index (χ2v) is 7.99. The third kappa shape index (κ3) is 4.46. The molecule has 0 spiro atoms. The summed E-state index contributed by atoms with van der Waals surface area (Å²) in [7, 11) is 1.38. The smallest absolute Gasteiger partial charge is 0.404 e.